The number of carbonyl (C=O) groups excluding carboxylic acids is 4. The van der Waals surface area contributed by atoms with Crippen LogP contribution < -0.4 is 32.3 Å². The third kappa shape index (κ3) is 10.6. The number of nitrogens with two attached hydrogens (primary N) is 1. The predicted octanol–water partition coefficient (Wildman–Crippen LogP) is 5.00. The second-order valence-electron chi connectivity index (χ2n) is 11.9. The molecule has 11 nitrogen and oxygen atoms in total. The van der Waals surface area contributed by atoms with Crippen LogP contribution in [0, 0.1) is 0 Å². The van der Waals surface area contributed by atoms with Crippen LogP contribution in [0.25, 0.3) is 10.9 Å². The Hall–Kier alpha value is -5.36. The summed E-state index contributed by atoms with van der Waals surface area (Å²) < 4.78 is 2.01. The molecule has 0 aliphatic rings. The molecule has 0 spiro atoms. The van der Waals surface area contributed by atoms with Crippen molar-refractivity contribution in [2.24, 2.45) is 5.73 Å². The first-order valence-corrected chi connectivity index (χ1v) is 17.2. The molecule has 0 saturated carbocycles. The summed E-state index contributed by atoms with van der Waals surface area (Å²) in [7, 11) is 0. The van der Waals surface area contributed by atoms with Crippen molar-refractivity contribution in [1.82, 2.24) is 25.8 Å². The standard InChI is InChI=1S/C38H39Cl2N7O4/c39-30-12-7-13-31(40)29(30)24-47-19-17-27-21-28(14-15-34(27)47)44-38(51)43-23-35(48)45-32(16-18-41)37(50)46-33(20-25-8-3-1-4-9-25)36(49)42-22-26-10-5-2-6-11-26/h1-15,17,19,21,32-33H,16,18,20,22-24,41H2,(H,42,49)(H,45,48)(H,46,50)(H2,43,44,51)/t32-,33-/m0/s1. The molecule has 0 bridgehead atoms. The van der Waals surface area contributed by atoms with Crippen LogP contribution >= 0.6 is 23.2 Å². The van der Waals surface area contributed by atoms with E-state index in [2.05, 4.69) is 26.6 Å². The van der Waals surface area contributed by atoms with Crippen molar-refractivity contribution in [1.29, 1.82) is 0 Å². The molecule has 5 aromatic rings. The van der Waals surface area contributed by atoms with Gasteiger partial charge in [-0.1, -0.05) is 89.9 Å². The highest BCUT2D eigenvalue weighted by Gasteiger charge is 2.27. The number of hydrogen-bond acceptors (Lipinski definition) is 5. The smallest absolute Gasteiger partial charge is 0.319 e. The largest absolute Gasteiger partial charge is 0.350 e. The maximum absolute atomic E-state index is 13.4. The average molecular weight is 729 g/mol. The molecular weight excluding hydrogens is 689 g/mol. The molecule has 264 valence electrons. The first-order chi connectivity index (χ1) is 24.7. The summed E-state index contributed by atoms with van der Waals surface area (Å²) in [6, 6.07) is 28.9. The minimum absolute atomic E-state index is 0.103. The molecule has 0 saturated heterocycles. The maximum Gasteiger partial charge on any atom is 0.319 e. The quantitative estimate of drug-likeness (QED) is 0.0895. The summed E-state index contributed by atoms with van der Waals surface area (Å²) in [4.78, 5) is 52.2. The SMILES string of the molecule is NCC[C@H](NC(=O)CNC(=O)Nc1ccc2c(ccn2Cc2c(Cl)cccc2Cl)c1)C(=O)N[C@@H](Cc1ccccc1)C(=O)NCc1ccccc1. The van der Waals surface area contributed by atoms with Gasteiger partial charge in [-0.05, 0) is 60.5 Å². The number of hydrogen-bond donors (Lipinski definition) is 6. The van der Waals surface area contributed by atoms with Gasteiger partial charge in [-0.3, -0.25) is 14.4 Å². The van der Waals surface area contributed by atoms with Gasteiger partial charge in [-0.2, -0.15) is 0 Å². The number of halogens is 2. The minimum atomic E-state index is -1.03. The monoisotopic (exact) mass is 727 g/mol. The van der Waals surface area contributed by atoms with Gasteiger partial charge in [0.15, 0.2) is 0 Å². The van der Waals surface area contributed by atoms with Crippen molar-refractivity contribution < 1.29 is 19.2 Å². The maximum atomic E-state index is 13.4. The highest BCUT2D eigenvalue weighted by atomic mass is 35.5. The Labute approximate surface area is 305 Å². The fourth-order valence-electron chi connectivity index (χ4n) is 5.53. The van der Waals surface area contributed by atoms with Crippen LogP contribution in [0.4, 0.5) is 10.5 Å². The average Bonchev–Trinajstić information content (AvgIpc) is 3.53. The number of anilines is 1. The van der Waals surface area contributed by atoms with Crippen LogP contribution in [0.2, 0.25) is 10.0 Å². The molecule has 5 amide bonds. The third-order valence-corrected chi connectivity index (χ3v) is 8.87. The van der Waals surface area contributed by atoms with E-state index in [1.54, 1.807) is 24.3 Å². The van der Waals surface area contributed by atoms with Gasteiger partial charge in [0.05, 0.1) is 13.1 Å². The van der Waals surface area contributed by atoms with Crippen molar-refractivity contribution in [2.45, 2.75) is 38.0 Å². The number of urea groups is 1. The van der Waals surface area contributed by atoms with Crippen LogP contribution in [0.15, 0.2) is 109 Å². The van der Waals surface area contributed by atoms with Crippen molar-refractivity contribution in [3.8, 4) is 0 Å². The van der Waals surface area contributed by atoms with Gasteiger partial charge in [0.2, 0.25) is 17.7 Å². The van der Waals surface area contributed by atoms with Gasteiger partial charge < -0.3 is 36.9 Å². The zero-order valence-corrected chi connectivity index (χ0v) is 29.2. The molecule has 1 heterocycles. The molecule has 1 aromatic heterocycles. The van der Waals surface area contributed by atoms with Gasteiger partial charge in [-0.25, -0.2) is 4.79 Å². The van der Waals surface area contributed by atoms with Gasteiger partial charge in [0, 0.05) is 51.4 Å². The number of aromatic nitrogens is 1. The van der Waals surface area contributed by atoms with Crippen LogP contribution in [-0.2, 0) is 33.9 Å². The number of benzene rings is 4. The summed E-state index contributed by atoms with van der Waals surface area (Å²) in [6.45, 7) is 0.466. The molecule has 0 unspecified atom stereocenters. The van der Waals surface area contributed by atoms with E-state index < -0.39 is 36.5 Å². The lowest BCUT2D eigenvalue weighted by Crippen LogP contribution is -2.55. The molecule has 0 aliphatic carbocycles. The van der Waals surface area contributed by atoms with E-state index in [9.17, 15) is 19.2 Å². The molecular formula is C38H39Cl2N7O4. The molecule has 0 aliphatic heterocycles. The van der Waals surface area contributed by atoms with Crippen molar-refractivity contribution in [3.05, 3.63) is 136 Å². The zero-order chi connectivity index (χ0) is 36.2. The van der Waals surface area contributed by atoms with Crippen molar-refractivity contribution in [2.75, 3.05) is 18.4 Å². The van der Waals surface area contributed by atoms with Gasteiger partial charge in [0.1, 0.15) is 12.1 Å². The molecule has 0 fully saturated rings. The highest BCUT2D eigenvalue weighted by Crippen LogP contribution is 2.28. The summed E-state index contributed by atoms with van der Waals surface area (Å²) in [5.41, 5.74) is 9.77. The Morgan fingerprint density at radius 1 is 0.725 bits per heavy atom. The molecule has 13 heteroatoms. The lowest BCUT2D eigenvalue weighted by molar-refractivity contribution is -0.132. The number of fused-ring (bicyclic) bond motifs is 1. The summed E-state index contributed by atoms with van der Waals surface area (Å²) in [5.74, 6) is -1.53. The van der Waals surface area contributed by atoms with Crippen molar-refractivity contribution in [3.63, 3.8) is 0 Å². The first-order valence-electron chi connectivity index (χ1n) is 16.4. The van der Waals surface area contributed by atoms with E-state index in [-0.39, 0.29) is 31.8 Å². The fourth-order valence-corrected chi connectivity index (χ4v) is 6.04. The molecule has 7 N–H and O–H groups in total. The van der Waals surface area contributed by atoms with E-state index in [0.717, 1.165) is 27.6 Å². The topological polar surface area (TPSA) is 159 Å². The molecule has 51 heavy (non-hydrogen) atoms. The number of amides is 5. The summed E-state index contributed by atoms with van der Waals surface area (Å²) in [6.07, 6.45) is 2.27. The highest BCUT2D eigenvalue weighted by molar-refractivity contribution is 6.36. The lowest BCUT2D eigenvalue weighted by Gasteiger charge is -2.23. The first kappa shape index (κ1) is 36.9. The number of carbonyl (C=O) groups is 4. The predicted molar refractivity (Wildman–Crippen MR) is 200 cm³/mol. The van der Waals surface area contributed by atoms with Crippen LogP contribution in [0.3, 0.4) is 0 Å². The van der Waals surface area contributed by atoms with Gasteiger partial charge >= 0.3 is 6.03 Å². The second-order valence-corrected chi connectivity index (χ2v) is 12.7. The lowest BCUT2D eigenvalue weighted by atomic mass is 10.0. The molecule has 4 aromatic carbocycles. The summed E-state index contributed by atoms with van der Waals surface area (Å²) >= 11 is 12.7. The Kier molecular flexibility index (Phi) is 13.1. The summed E-state index contributed by atoms with van der Waals surface area (Å²) in [5, 5.41) is 15.6. The van der Waals surface area contributed by atoms with E-state index in [1.165, 1.54) is 0 Å². The normalized spacial score (nSPS) is 12.1. The fraction of sp³-hybridized carbons (Fsp3) is 0.211. The van der Waals surface area contributed by atoms with E-state index in [1.807, 2.05) is 89.6 Å². The van der Waals surface area contributed by atoms with Crippen molar-refractivity contribution >= 4 is 63.5 Å². The van der Waals surface area contributed by atoms with E-state index >= 15 is 0 Å². The van der Waals surface area contributed by atoms with Crippen LogP contribution in [0.1, 0.15) is 23.1 Å². The Morgan fingerprint density at radius 2 is 1.41 bits per heavy atom. The van der Waals surface area contributed by atoms with Gasteiger partial charge in [0.25, 0.3) is 0 Å². The van der Waals surface area contributed by atoms with Crippen LogP contribution in [0.5, 0.6) is 0 Å². The number of nitrogens with zero attached hydrogens (tertiary/aromatic N) is 1. The number of nitrogens with one attached hydrogen (secondary N) is 5. The van der Waals surface area contributed by atoms with E-state index in [0.29, 0.717) is 22.3 Å². The Bertz CT molecular complexity index is 1950. The molecule has 5 rings (SSSR count). The molecule has 0 radical (unpaired) electrons. The second kappa shape index (κ2) is 18.0. The molecule has 2 atom stereocenters. The van der Waals surface area contributed by atoms with Gasteiger partial charge in [-0.15, -0.1) is 0 Å². The minimum Gasteiger partial charge on any atom is -0.350 e. The van der Waals surface area contributed by atoms with E-state index in [4.69, 9.17) is 28.9 Å². The Balaban J connectivity index is 1.15. The van der Waals surface area contributed by atoms with Crippen LogP contribution in [-0.4, -0.2) is 53.5 Å². The third-order valence-electron chi connectivity index (χ3n) is 8.16. The number of rotatable bonds is 15. The zero-order valence-electron chi connectivity index (χ0n) is 27.7. The Morgan fingerprint density at radius 3 is 2.10 bits per heavy atom.